The van der Waals surface area contributed by atoms with E-state index in [0.717, 1.165) is 20.2 Å². The predicted octanol–water partition coefficient (Wildman–Crippen LogP) is 3.63. The van der Waals surface area contributed by atoms with Gasteiger partial charge in [-0.05, 0) is 28.8 Å². The third kappa shape index (κ3) is 1.89. The summed E-state index contributed by atoms with van der Waals surface area (Å²) in [6, 6.07) is 0. The van der Waals surface area contributed by atoms with E-state index in [1.165, 1.54) is 19.3 Å². The quantitative estimate of drug-likeness (QED) is 0.849. The number of nitrogens with zero attached hydrogens (tertiary/aromatic N) is 3. The zero-order valence-electron chi connectivity index (χ0n) is 8.56. The van der Waals surface area contributed by atoms with E-state index < -0.39 is 0 Å². The predicted molar refractivity (Wildman–Crippen MR) is 67.4 cm³/mol. The van der Waals surface area contributed by atoms with Crippen molar-refractivity contribution in [3.05, 3.63) is 28.2 Å². The smallest absolute Gasteiger partial charge is 0.131 e. The lowest BCUT2D eigenvalue weighted by atomic mass is 9.85. The molecule has 0 radical (unpaired) electrons. The Kier molecular flexibility index (Phi) is 2.73. The number of rotatable bonds is 2. The number of hydrogen-bond acceptors (Lipinski definition) is 4. The molecule has 2 aromatic rings. The lowest BCUT2D eigenvalue weighted by molar-refractivity contribution is 0.401. The fourth-order valence-corrected chi connectivity index (χ4v) is 2.89. The molecule has 3 rings (SSSR count). The van der Waals surface area contributed by atoms with Crippen LogP contribution >= 0.6 is 27.3 Å². The maximum atomic E-state index is 4.43. The second kappa shape index (κ2) is 4.22. The molecule has 2 aromatic heterocycles. The summed E-state index contributed by atoms with van der Waals surface area (Å²) in [5.41, 5.74) is 0.999. The van der Waals surface area contributed by atoms with Gasteiger partial charge < -0.3 is 0 Å². The molecular weight excluding hydrogens is 286 g/mol. The Morgan fingerprint density at radius 2 is 1.88 bits per heavy atom. The van der Waals surface area contributed by atoms with Gasteiger partial charge in [-0.2, -0.15) is 0 Å². The van der Waals surface area contributed by atoms with Crippen LogP contribution in [0.25, 0.3) is 10.6 Å². The van der Waals surface area contributed by atoms with E-state index >= 15 is 0 Å². The Bertz CT molecular complexity index is 490. The molecule has 0 aliphatic heterocycles. The monoisotopic (exact) mass is 295 g/mol. The van der Waals surface area contributed by atoms with Crippen LogP contribution in [0.5, 0.6) is 0 Å². The van der Waals surface area contributed by atoms with Gasteiger partial charge in [-0.3, -0.25) is 0 Å². The number of hydrogen-bond donors (Lipinski definition) is 0. The summed E-state index contributed by atoms with van der Waals surface area (Å²) >= 11 is 5.00. The molecule has 1 aliphatic carbocycles. The highest BCUT2D eigenvalue weighted by molar-refractivity contribution is 9.11. The second-order valence-corrected chi connectivity index (χ2v) is 6.34. The van der Waals surface area contributed by atoms with Crippen LogP contribution in [0.15, 0.2) is 22.4 Å². The molecule has 5 heteroatoms. The molecule has 0 spiro atoms. The summed E-state index contributed by atoms with van der Waals surface area (Å²) in [5, 5.41) is 0.965. The maximum Gasteiger partial charge on any atom is 0.131 e. The van der Waals surface area contributed by atoms with Gasteiger partial charge in [0.05, 0.1) is 9.98 Å². The highest BCUT2D eigenvalue weighted by Crippen LogP contribution is 2.34. The molecule has 1 fully saturated rings. The van der Waals surface area contributed by atoms with Crippen LogP contribution < -0.4 is 0 Å². The van der Waals surface area contributed by atoms with Crippen molar-refractivity contribution in [2.75, 3.05) is 0 Å². The average Bonchev–Trinajstić information content (AvgIpc) is 2.63. The third-order valence-corrected chi connectivity index (χ3v) is 4.39. The molecule has 0 saturated heterocycles. The molecule has 82 valence electrons. The van der Waals surface area contributed by atoms with E-state index in [1.807, 2.05) is 12.4 Å². The van der Waals surface area contributed by atoms with Crippen molar-refractivity contribution in [1.82, 2.24) is 15.0 Å². The van der Waals surface area contributed by atoms with Gasteiger partial charge in [0.25, 0.3) is 0 Å². The van der Waals surface area contributed by atoms with Crippen molar-refractivity contribution in [1.29, 1.82) is 0 Å². The third-order valence-electron chi connectivity index (χ3n) is 2.87. The molecule has 1 saturated carbocycles. The number of aromatic nitrogens is 3. The van der Waals surface area contributed by atoms with Crippen molar-refractivity contribution in [2.24, 2.45) is 0 Å². The summed E-state index contributed by atoms with van der Waals surface area (Å²) in [7, 11) is 0. The molecule has 0 atom stereocenters. The average molecular weight is 296 g/mol. The molecule has 2 heterocycles. The first-order valence-electron chi connectivity index (χ1n) is 5.26. The van der Waals surface area contributed by atoms with Crippen LogP contribution in [-0.2, 0) is 0 Å². The molecule has 0 amide bonds. The topological polar surface area (TPSA) is 38.7 Å². The molecule has 0 unspecified atom stereocenters. The van der Waals surface area contributed by atoms with Gasteiger partial charge in [-0.1, -0.05) is 6.42 Å². The molecule has 1 aliphatic rings. The van der Waals surface area contributed by atoms with Gasteiger partial charge in [0, 0.05) is 23.9 Å². The summed E-state index contributed by atoms with van der Waals surface area (Å²) in [6.45, 7) is 0. The molecule has 0 aromatic carbocycles. The van der Waals surface area contributed by atoms with Crippen molar-refractivity contribution in [3.8, 4) is 10.6 Å². The van der Waals surface area contributed by atoms with Gasteiger partial charge in [0.2, 0.25) is 0 Å². The molecule has 3 nitrogen and oxygen atoms in total. The minimum atomic E-state index is 0.595. The van der Waals surface area contributed by atoms with E-state index in [-0.39, 0.29) is 0 Å². The maximum absolute atomic E-state index is 4.43. The standard InChI is InChI=1S/C11H10BrN3S/c12-9-6-15-11(16-9)8-4-13-10(14-5-8)7-2-1-3-7/h4-7H,1-3H2. The lowest BCUT2D eigenvalue weighted by Gasteiger charge is -2.23. The fourth-order valence-electron chi connectivity index (χ4n) is 1.71. The first-order valence-corrected chi connectivity index (χ1v) is 6.87. The van der Waals surface area contributed by atoms with Crippen molar-refractivity contribution < 1.29 is 0 Å². The van der Waals surface area contributed by atoms with Crippen molar-refractivity contribution in [2.45, 2.75) is 25.2 Å². The van der Waals surface area contributed by atoms with E-state index in [2.05, 4.69) is 30.9 Å². The van der Waals surface area contributed by atoms with Gasteiger partial charge in [0.15, 0.2) is 0 Å². The van der Waals surface area contributed by atoms with E-state index in [9.17, 15) is 0 Å². The highest BCUT2D eigenvalue weighted by atomic mass is 79.9. The minimum Gasteiger partial charge on any atom is -0.243 e. The molecular formula is C11H10BrN3S. The van der Waals surface area contributed by atoms with Crippen molar-refractivity contribution in [3.63, 3.8) is 0 Å². The van der Waals surface area contributed by atoms with E-state index in [4.69, 9.17) is 0 Å². The van der Waals surface area contributed by atoms with Gasteiger partial charge in [-0.25, -0.2) is 15.0 Å². The highest BCUT2D eigenvalue weighted by Gasteiger charge is 2.21. The molecule has 0 N–H and O–H groups in total. The Morgan fingerprint density at radius 1 is 1.12 bits per heavy atom. The van der Waals surface area contributed by atoms with Crippen molar-refractivity contribution >= 4 is 27.3 Å². The molecule has 0 bridgehead atoms. The first-order chi connectivity index (χ1) is 7.83. The lowest BCUT2D eigenvalue weighted by Crippen LogP contribution is -2.12. The van der Waals surface area contributed by atoms with E-state index in [0.29, 0.717) is 5.92 Å². The number of thiazole rings is 1. The van der Waals surface area contributed by atoms with Gasteiger partial charge >= 0.3 is 0 Å². The van der Waals surface area contributed by atoms with Crippen LogP contribution in [-0.4, -0.2) is 15.0 Å². The SMILES string of the molecule is Brc1cnc(-c2cnc(C3CCC3)nc2)s1. The Hall–Kier alpha value is -0.810. The zero-order valence-corrected chi connectivity index (χ0v) is 11.0. The van der Waals surface area contributed by atoms with Gasteiger partial charge in [0.1, 0.15) is 10.8 Å². The Morgan fingerprint density at radius 3 is 2.38 bits per heavy atom. The summed E-state index contributed by atoms with van der Waals surface area (Å²) < 4.78 is 1.03. The van der Waals surface area contributed by atoms with E-state index in [1.54, 1.807) is 17.5 Å². The van der Waals surface area contributed by atoms with Crippen LogP contribution in [0, 0.1) is 0 Å². The Balaban J connectivity index is 1.86. The van der Waals surface area contributed by atoms with Crippen LogP contribution in [0.3, 0.4) is 0 Å². The normalized spacial score (nSPS) is 16.1. The summed E-state index contributed by atoms with van der Waals surface area (Å²) in [5.74, 6) is 1.59. The number of halogens is 1. The minimum absolute atomic E-state index is 0.595. The van der Waals surface area contributed by atoms with Crippen LogP contribution in [0.1, 0.15) is 31.0 Å². The zero-order chi connectivity index (χ0) is 11.0. The summed E-state index contributed by atoms with van der Waals surface area (Å²) in [6.07, 6.45) is 9.36. The fraction of sp³-hybridized carbons (Fsp3) is 0.364. The van der Waals surface area contributed by atoms with Crippen LogP contribution in [0.2, 0.25) is 0 Å². The Labute approximate surface area is 106 Å². The second-order valence-electron chi connectivity index (χ2n) is 3.93. The molecule has 16 heavy (non-hydrogen) atoms. The summed E-state index contributed by atoms with van der Waals surface area (Å²) in [4.78, 5) is 13.1. The first kappa shape index (κ1) is 10.4. The largest absolute Gasteiger partial charge is 0.243 e. The van der Waals surface area contributed by atoms with Gasteiger partial charge in [-0.15, -0.1) is 11.3 Å². The van der Waals surface area contributed by atoms with Crippen LogP contribution in [0.4, 0.5) is 0 Å².